The van der Waals surface area contributed by atoms with E-state index >= 15 is 0 Å². The van der Waals surface area contributed by atoms with Crippen molar-refractivity contribution in [3.8, 4) is 0 Å². The molecule has 0 aliphatic rings. The highest BCUT2D eigenvalue weighted by Crippen LogP contribution is 2.18. The maximum Gasteiger partial charge on any atom is 0.323 e. The Morgan fingerprint density at radius 2 is 1.88 bits per heavy atom. The van der Waals surface area contributed by atoms with Gasteiger partial charge in [0, 0.05) is 11.6 Å². The monoisotopic (exact) mass is 263 g/mol. The van der Waals surface area contributed by atoms with Gasteiger partial charge in [-0.15, -0.1) is 0 Å². The van der Waals surface area contributed by atoms with Crippen molar-refractivity contribution in [2.24, 2.45) is 5.73 Å². The van der Waals surface area contributed by atoms with Crippen LogP contribution in [0.1, 0.15) is 0 Å². The molecule has 1 aromatic carbocycles. The molecule has 1 atom stereocenters. The smallest absolute Gasteiger partial charge is 0.323 e. The van der Waals surface area contributed by atoms with E-state index in [0.717, 1.165) is 0 Å². The Morgan fingerprint density at radius 3 is 2.25 bits per heavy atom. The van der Waals surface area contributed by atoms with E-state index in [4.69, 9.17) is 22.4 Å². The average Bonchev–Trinajstić information content (AvgIpc) is 2.18. The van der Waals surface area contributed by atoms with Crippen LogP contribution in [0.5, 0.6) is 0 Å². The van der Waals surface area contributed by atoms with Crippen LogP contribution in [0.25, 0.3) is 0 Å². The zero-order chi connectivity index (χ0) is 12.3. The highest BCUT2D eigenvalue weighted by Gasteiger charge is 2.32. The number of nitrogens with two attached hydrogens (primary N) is 1. The first kappa shape index (κ1) is 13.0. The minimum atomic E-state index is -3.95. The molecule has 7 heteroatoms. The van der Waals surface area contributed by atoms with E-state index in [9.17, 15) is 13.2 Å². The molecule has 0 saturated carbocycles. The molecule has 0 spiro atoms. The fraction of sp³-hybridized carbons (Fsp3) is 0.222. The average molecular weight is 264 g/mol. The predicted octanol–water partition coefficient (Wildman–Crippen LogP) is 0.526. The third-order valence-corrected chi connectivity index (χ3v) is 4.33. The number of carbonyl (C=O) groups is 1. The molecule has 1 aromatic rings. The Bertz CT molecular complexity index is 483. The Morgan fingerprint density at radius 1 is 1.38 bits per heavy atom. The van der Waals surface area contributed by atoms with E-state index in [0.29, 0.717) is 5.02 Å². The predicted molar refractivity (Wildman–Crippen MR) is 59.1 cm³/mol. The van der Waals surface area contributed by atoms with E-state index in [1.807, 2.05) is 0 Å². The van der Waals surface area contributed by atoms with Gasteiger partial charge in [0.1, 0.15) is 0 Å². The summed E-state index contributed by atoms with van der Waals surface area (Å²) in [5.41, 5.74) is 5.14. The number of hydrogen-bond donors (Lipinski definition) is 2. The SMILES string of the molecule is NCC(C(=O)O)S(=O)(=O)c1ccc(Cl)cc1. The molecule has 1 rings (SSSR count). The molecule has 0 aromatic heterocycles. The Labute approximate surface area is 97.8 Å². The number of sulfone groups is 1. The van der Waals surface area contributed by atoms with E-state index in [1.54, 1.807) is 0 Å². The van der Waals surface area contributed by atoms with Crippen LogP contribution in [0.3, 0.4) is 0 Å². The number of aliphatic carboxylic acids is 1. The summed E-state index contributed by atoms with van der Waals surface area (Å²) in [5, 5.41) is 7.48. The van der Waals surface area contributed by atoms with Crippen molar-refractivity contribution in [3.05, 3.63) is 29.3 Å². The van der Waals surface area contributed by atoms with Gasteiger partial charge in [0.05, 0.1) is 4.90 Å². The van der Waals surface area contributed by atoms with Crippen molar-refractivity contribution >= 4 is 27.4 Å². The van der Waals surface area contributed by atoms with Gasteiger partial charge in [0.25, 0.3) is 0 Å². The number of halogens is 1. The summed E-state index contributed by atoms with van der Waals surface area (Å²) in [6.07, 6.45) is 0. The number of carboxylic acids is 1. The van der Waals surface area contributed by atoms with E-state index < -0.39 is 27.6 Å². The van der Waals surface area contributed by atoms with Gasteiger partial charge in [-0.25, -0.2) is 8.42 Å². The lowest BCUT2D eigenvalue weighted by Crippen LogP contribution is -2.37. The fourth-order valence-corrected chi connectivity index (χ4v) is 2.64. The summed E-state index contributed by atoms with van der Waals surface area (Å²) in [6.45, 7) is -0.472. The third-order valence-electron chi connectivity index (χ3n) is 2.01. The molecule has 0 aliphatic heterocycles. The van der Waals surface area contributed by atoms with E-state index in [1.165, 1.54) is 24.3 Å². The summed E-state index contributed by atoms with van der Waals surface area (Å²) in [6, 6.07) is 5.26. The summed E-state index contributed by atoms with van der Waals surface area (Å²) >= 11 is 5.60. The minimum Gasteiger partial charge on any atom is -0.480 e. The van der Waals surface area contributed by atoms with Crippen LogP contribution in [0.4, 0.5) is 0 Å². The molecule has 88 valence electrons. The highest BCUT2D eigenvalue weighted by atomic mass is 35.5. The molecule has 0 amide bonds. The van der Waals surface area contributed by atoms with Crippen LogP contribution >= 0.6 is 11.6 Å². The fourth-order valence-electron chi connectivity index (χ4n) is 1.15. The van der Waals surface area contributed by atoms with Crippen molar-refractivity contribution < 1.29 is 18.3 Å². The zero-order valence-corrected chi connectivity index (χ0v) is 9.70. The lowest BCUT2D eigenvalue weighted by Gasteiger charge is -2.11. The van der Waals surface area contributed by atoms with Gasteiger partial charge in [-0.1, -0.05) is 11.6 Å². The number of rotatable bonds is 4. The van der Waals surface area contributed by atoms with Gasteiger partial charge in [0.15, 0.2) is 15.1 Å². The summed E-state index contributed by atoms with van der Waals surface area (Å²) in [5.74, 6) is -1.46. The molecule has 0 radical (unpaired) electrons. The van der Waals surface area contributed by atoms with Crippen LogP contribution in [0.15, 0.2) is 29.2 Å². The van der Waals surface area contributed by atoms with Crippen LogP contribution in [0.2, 0.25) is 5.02 Å². The summed E-state index contributed by atoms with van der Waals surface area (Å²) in [4.78, 5) is 10.6. The van der Waals surface area contributed by atoms with E-state index in [-0.39, 0.29) is 4.90 Å². The van der Waals surface area contributed by atoms with Crippen molar-refractivity contribution in [2.45, 2.75) is 10.1 Å². The normalized spacial score (nSPS) is 13.4. The quantitative estimate of drug-likeness (QED) is 0.826. The van der Waals surface area contributed by atoms with Gasteiger partial charge in [0.2, 0.25) is 0 Å². The van der Waals surface area contributed by atoms with Gasteiger partial charge in [-0.2, -0.15) is 0 Å². The van der Waals surface area contributed by atoms with Gasteiger partial charge in [-0.3, -0.25) is 4.79 Å². The molecule has 0 heterocycles. The Hall–Kier alpha value is -1.11. The van der Waals surface area contributed by atoms with Crippen LogP contribution in [-0.2, 0) is 14.6 Å². The van der Waals surface area contributed by atoms with Crippen molar-refractivity contribution in [2.75, 3.05) is 6.54 Å². The largest absolute Gasteiger partial charge is 0.480 e. The molecule has 0 saturated heterocycles. The molecule has 0 aliphatic carbocycles. The molecule has 16 heavy (non-hydrogen) atoms. The molecule has 3 N–H and O–H groups in total. The Balaban J connectivity index is 3.20. The standard InChI is InChI=1S/C9H10ClNO4S/c10-6-1-3-7(4-2-6)16(14,15)8(5-11)9(12)13/h1-4,8H,5,11H2,(H,12,13). The maximum absolute atomic E-state index is 11.8. The molecule has 0 bridgehead atoms. The first-order valence-corrected chi connectivity index (χ1v) is 6.24. The number of benzene rings is 1. The molecule has 0 fully saturated rings. The van der Waals surface area contributed by atoms with Crippen molar-refractivity contribution in [3.63, 3.8) is 0 Å². The van der Waals surface area contributed by atoms with Crippen molar-refractivity contribution in [1.82, 2.24) is 0 Å². The zero-order valence-electron chi connectivity index (χ0n) is 8.13. The minimum absolute atomic E-state index is 0.102. The second kappa shape index (κ2) is 4.82. The first-order valence-electron chi connectivity index (χ1n) is 4.32. The van der Waals surface area contributed by atoms with E-state index in [2.05, 4.69) is 0 Å². The Kier molecular flexibility index (Phi) is 3.90. The lowest BCUT2D eigenvalue weighted by molar-refractivity contribution is -0.136. The van der Waals surface area contributed by atoms with Crippen molar-refractivity contribution in [1.29, 1.82) is 0 Å². The van der Waals surface area contributed by atoms with Crippen LogP contribution < -0.4 is 5.73 Å². The highest BCUT2D eigenvalue weighted by molar-refractivity contribution is 7.92. The number of carboxylic acid groups (broad SMARTS) is 1. The second-order valence-corrected chi connectivity index (χ2v) is 5.63. The van der Waals surface area contributed by atoms with Crippen LogP contribution in [-0.4, -0.2) is 31.3 Å². The molecule has 1 unspecified atom stereocenters. The lowest BCUT2D eigenvalue weighted by atomic mass is 10.4. The third kappa shape index (κ3) is 2.52. The second-order valence-electron chi connectivity index (χ2n) is 3.06. The molecule has 5 nitrogen and oxygen atoms in total. The maximum atomic E-state index is 11.8. The summed E-state index contributed by atoms with van der Waals surface area (Å²) < 4.78 is 23.6. The van der Waals surface area contributed by atoms with Gasteiger partial charge in [-0.05, 0) is 24.3 Å². The van der Waals surface area contributed by atoms with Gasteiger partial charge >= 0.3 is 5.97 Å². The first-order chi connectivity index (χ1) is 7.39. The topological polar surface area (TPSA) is 97.5 Å². The summed E-state index contributed by atoms with van der Waals surface area (Å²) in [7, 11) is -3.95. The van der Waals surface area contributed by atoms with Crippen LogP contribution in [0, 0.1) is 0 Å². The van der Waals surface area contributed by atoms with Gasteiger partial charge < -0.3 is 10.8 Å². The molecular weight excluding hydrogens is 254 g/mol. The number of hydrogen-bond acceptors (Lipinski definition) is 4. The molecular formula is C9H10ClNO4S.